The molecule has 6 heteroatoms. The molecule has 0 bridgehead atoms. The predicted molar refractivity (Wildman–Crippen MR) is 77.4 cm³/mol. The van der Waals surface area contributed by atoms with Crippen molar-refractivity contribution in [3.63, 3.8) is 0 Å². The van der Waals surface area contributed by atoms with Crippen molar-refractivity contribution in [2.75, 3.05) is 7.11 Å². The zero-order chi connectivity index (χ0) is 15.5. The fourth-order valence-electron chi connectivity index (χ4n) is 1.70. The van der Waals surface area contributed by atoms with E-state index in [1.165, 1.54) is 37.4 Å². The monoisotopic (exact) mass is 306 g/mol. The van der Waals surface area contributed by atoms with Gasteiger partial charge in [-0.2, -0.15) is 8.42 Å². The highest BCUT2D eigenvalue weighted by atomic mass is 32.2. The molecular formula is C15H14O5S. The van der Waals surface area contributed by atoms with Crippen molar-refractivity contribution < 1.29 is 22.1 Å². The Hall–Kier alpha value is -2.34. The lowest BCUT2D eigenvalue weighted by Gasteiger charge is -2.11. The molecule has 0 spiro atoms. The summed E-state index contributed by atoms with van der Waals surface area (Å²) in [5, 5.41) is 0. The lowest BCUT2D eigenvalue weighted by atomic mass is 10.2. The lowest BCUT2D eigenvalue weighted by molar-refractivity contribution is 0.112. The van der Waals surface area contributed by atoms with E-state index in [4.69, 9.17) is 8.92 Å². The molecule has 0 unspecified atom stereocenters. The number of hydrogen-bond acceptors (Lipinski definition) is 5. The van der Waals surface area contributed by atoms with Crippen molar-refractivity contribution >= 4 is 16.4 Å². The molecule has 0 N–H and O–H groups in total. The molecule has 0 aliphatic carbocycles. The first-order valence-electron chi connectivity index (χ1n) is 6.10. The topological polar surface area (TPSA) is 69.7 Å². The maximum absolute atomic E-state index is 12.2. The van der Waals surface area contributed by atoms with Gasteiger partial charge >= 0.3 is 10.1 Å². The number of methoxy groups -OCH3 is 1. The van der Waals surface area contributed by atoms with Crippen molar-refractivity contribution in [3.8, 4) is 11.5 Å². The van der Waals surface area contributed by atoms with Crippen LogP contribution in [0.25, 0.3) is 0 Å². The standard InChI is InChI=1S/C15H14O5S/c1-11-3-6-13(7-4-11)21(17,18)20-14-8-5-12(10-16)9-15(14)19-2/h3-10H,1-2H3. The van der Waals surface area contributed by atoms with Gasteiger partial charge in [-0.1, -0.05) is 17.7 Å². The van der Waals surface area contributed by atoms with Crippen molar-refractivity contribution in [1.82, 2.24) is 0 Å². The molecule has 0 saturated heterocycles. The quantitative estimate of drug-likeness (QED) is 0.627. The van der Waals surface area contributed by atoms with E-state index in [-0.39, 0.29) is 16.4 Å². The molecule has 21 heavy (non-hydrogen) atoms. The summed E-state index contributed by atoms with van der Waals surface area (Å²) in [5.41, 5.74) is 1.31. The van der Waals surface area contributed by atoms with Gasteiger partial charge in [0, 0.05) is 5.56 Å². The molecule has 110 valence electrons. The van der Waals surface area contributed by atoms with E-state index in [1.54, 1.807) is 12.1 Å². The summed E-state index contributed by atoms with van der Waals surface area (Å²) in [7, 11) is -2.58. The van der Waals surface area contributed by atoms with Crippen molar-refractivity contribution in [3.05, 3.63) is 53.6 Å². The third kappa shape index (κ3) is 3.41. The van der Waals surface area contributed by atoms with Crippen LogP contribution in [0.4, 0.5) is 0 Å². The van der Waals surface area contributed by atoms with Crippen molar-refractivity contribution in [1.29, 1.82) is 0 Å². The largest absolute Gasteiger partial charge is 0.493 e. The van der Waals surface area contributed by atoms with Gasteiger partial charge in [-0.3, -0.25) is 4.79 Å². The van der Waals surface area contributed by atoms with E-state index < -0.39 is 10.1 Å². The second-order valence-electron chi connectivity index (χ2n) is 4.38. The highest BCUT2D eigenvalue weighted by Crippen LogP contribution is 2.30. The highest BCUT2D eigenvalue weighted by molar-refractivity contribution is 7.87. The maximum atomic E-state index is 12.2. The first-order valence-corrected chi connectivity index (χ1v) is 7.51. The summed E-state index contributed by atoms with van der Waals surface area (Å²) in [6, 6.07) is 10.6. The minimum Gasteiger partial charge on any atom is -0.493 e. The Labute approximate surface area is 123 Å². The lowest BCUT2D eigenvalue weighted by Crippen LogP contribution is -2.10. The molecule has 0 aliphatic rings. The average Bonchev–Trinajstić information content (AvgIpc) is 2.47. The maximum Gasteiger partial charge on any atom is 0.339 e. The van der Waals surface area contributed by atoms with Gasteiger partial charge in [0.05, 0.1) is 7.11 Å². The predicted octanol–water partition coefficient (Wildman–Crippen LogP) is 2.58. The second kappa shape index (κ2) is 5.97. The molecule has 0 fully saturated rings. The zero-order valence-electron chi connectivity index (χ0n) is 11.6. The molecule has 0 aromatic heterocycles. The van der Waals surface area contributed by atoms with E-state index in [2.05, 4.69) is 0 Å². The third-order valence-corrected chi connectivity index (χ3v) is 4.08. The SMILES string of the molecule is COc1cc(C=O)ccc1OS(=O)(=O)c1ccc(C)cc1. The normalized spacial score (nSPS) is 11.0. The van der Waals surface area contributed by atoms with Crippen LogP contribution in [0.5, 0.6) is 11.5 Å². The highest BCUT2D eigenvalue weighted by Gasteiger charge is 2.19. The molecule has 2 rings (SSSR count). The number of aryl methyl sites for hydroxylation is 1. The number of hydrogen-bond donors (Lipinski definition) is 0. The first-order chi connectivity index (χ1) is 9.96. The van der Waals surface area contributed by atoms with Gasteiger partial charge in [0.15, 0.2) is 11.5 Å². The van der Waals surface area contributed by atoms with E-state index in [9.17, 15) is 13.2 Å². The van der Waals surface area contributed by atoms with Gasteiger partial charge in [-0.25, -0.2) is 0 Å². The number of aldehydes is 1. The van der Waals surface area contributed by atoms with E-state index in [0.29, 0.717) is 11.8 Å². The van der Waals surface area contributed by atoms with Crippen LogP contribution in [0.1, 0.15) is 15.9 Å². The molecule has 2 aromatic carbocycles. The summed E-state index contributed by atoms with van der Waals surface area (Å²) >= 11 is 0. The summed E-state index contributed by atoms with van der Waals surface area (Å²) in [5.74, 6) is 0.207. The van der Waals surface area contributed by atoms with Gasteiger partial charge in [-0.05, 0) is 37.3 Å². The molecule has 0 aliphatic heterocycles. The van der Waals surface area contributed by atoms with Crippen LogP contribution in [0.15, 0.2) is 47.4 Å². The Morgan fingerprint density at radius 3 is 2.24 bits per heavy atom. The fourth-order valence-corrected chi connectivity index (χ4v) is 2.64. The fraction of sp³-hybridized carbons (Fsp3) is 0.133. The zero-order valence-corrected chi connectivity index (χ0v) is 12.4. The summed E-state index contributed by atoms with van der Waals surface area (Å²) in [6.45, 7) is 1.86. The Morgan fingerprint density at radius 1 is 1.00 bits per heavy atom. The third-order valence-electron chi connectivity index (χ3n) is 2.83. The van der Waals surface area contributed by atoms with Crippen LogP contribution in [0, 0.1) is 6.92 Å². The van der Waals surface area contributed by atoms with Gasteiger partial charge in [0.1, 0.15) is 11.2 Å². The van der Waals surface area contributed by atoms with Crippen LogP contribution in [-0.4, -0.2) is 21.8 Å². The van der Waals surface area contributed by atoms with E-state index in [0.717, 1.165) is 5.56 Å². The summed E-state index contributed by atoms with van der Waals surface area (Å²) in [4.78, 5) is 10.8. The van der Waals surface area contributed by atoms with Crippen LogP contribution >= 0.6 is 0 Å². The number of benzene rings is 2. The molecule has 0 amide bonds. The van der Waals surface area contributed by atoms with Crippen LogP contribution in [0.3, 0.4) is 0 Å². The van der Waals surface area contributed by atoms with Gasteiger partial charge < -0.3 is 8.92 Å². The van der Waals surface area contributed by atoms with Gasteiger partial charge in [0.2, 0.25) is 0 Å². The molecule has 0 atom stereocenters. The number of carbonyl (C=O) groups excluding carboxylic acids is 1. The van der Waals surface area contributed by atoms with Crippen LogP contribution in [-0.2, 0) is 10.1 Å². The number of carbonyl (C=O) groups is 1. The molecule has 0 saturated carbocycles. The molecule has 0 radical (unpaired) electrons. The van der Waals surface area contributed by atoms with Crippen LogP contribution in [0.2, 0.25) is 0 Å². The minimum absolute atomic E-state index is 0.0312. The van der Waals surface area contributed by atoms with E-state index in [1.807, 2.05) is 6.92 Å². The molecule has 5 nitrogen and oxygen atoms in total. The summed E-state index contributed by atoms with van der Waals surface area (Å²) in [6.07, 6.45) is 0.640. The Balaban J connectivity index is 2.36. The number of ether oxygens (including phenoxy) is 1. The Bertz CT molecular complexity index is 748. The van der Waals surface area contributed by atoms with Crippen molar-refractivity contribution in [2.24, 2.45) is 0 Å². The van der Waals surface area contributed by atoms with Crippen LogP contribution < -0.4 is 8.92 Å². The first kappa shape index (κ1) is 15.1. The second-order valence-corrected chi connectivity index (χ2v) is 5.92. The Kier molecular flexibility index (Phi) is 4.28. The van der Waals surface area contributed by atoms with E-state index >= 15 is 0 Å². The van der Waals surface area contributed by atoms with Gasteiger partial charge in [0.25, 0.3) is 0 Å². The van der Waals surface area contributed by atoms with Crippen molar-refractivity contribution in [2.45, 2.75) is 11.8 Å². The summed E-state index contributed by atoms with van der Waals surface area (Å²) < 4.78 is 34.5. The smallest absolute Gasteiger partial charge is 0.339 e. The molecular weight excluding hydrogens is 292 g/mol. The average molecular weight is 306 g/mol. The molecule has 2 aromatic rings. The van der Waals surface area contributed by atoms with Gasteiger partial charge in [-0.15, -0.1) is 0 Å². The molecule has 0 heterocycles. The number of rotatable bonds is 5. The minimum atomic E-state index is -3.95. The Morgan fingerprint density at radius 2 is 1.67 bits per heavy atom.